The van der Waals surface area contributed by atoms with Crippen molar-refractivity contribution in [2.75, 3.05) is 13.2 Å². The molecule has 8 heavy (non-hydrogen) atoms. The lowest BCUT2D eigenvalue weighted by Gasteiger charge is -2.23. The minimum absolute atomic E-state index is 0.219. The average Bonchev–Trinajstić information content (AvgIpc) is 1.77. The Morgan fingerprint density at radius 1 is 1.62 bits per heavy atom. The molecular weight excluding hydrogens is 104 g/mol. The molecule has 1 unspecified atom stereocenters. The van der Waals surface area contributed by atoms with E-state index in [1.807, 2.05) is 6.92 Å². The van der Waals surface area contributed by atoms with E-state index in [4.69, 9.17) is 9.84 Å². The van der Waals surface area contributed by atoms with Crippen molar-refractivity contribution < 1.29 is 9.84 Å². The molecule has 1 aliphatic heterocycles. The van der Waals surface area contributed by atoms with Crippen LogP contribution in [0.15, 0.2) is 0 Å². The molecule has 1 rings (SSSR count). The molecule has 0 saturated carbocycles. The van der Waals surface area contributed by atoms with Gasteiger partial charge >= 0.3 is 0 Å². The third kappa shape index (κ3) is 1.20. The highest BCUT2D eigenvalue weighted by molar-refractivity contribution is 4.67. The fourth-order valence-electron chi connectivity index (χ4n) is 0.830. The van der Waals surface area contributed by atoms with Crippen molar-refractivity contribution >= 4 is 0 Å². The van der Waals surface area contributed by atoms with Gasteiger partial charge < -0.3 is 9.84 Å². The molecule has 2 nitrogen and oxygen atoms in total. The fraction of sp³-hybridized carbons (Fsp3) is 1.00. The Bertz CT molecular complexity index is 62.9. The van der Waals surface area contributed by atoms with Crippen LogP contribution in [0.2, 0.25) is 0 Å². The monoisotopic (exact) mass is 116 g/mol. The van der Waals surface area contributed by atoms with Crippen molar-refractivity contribution in [2.45, 2.75) is 19.4 Å². The Labute approximate surface area is 49.5 Å². The van der Waals surface area contributed by atoms with Crippen molar-refractivity contribution in [1.82, 2.24) is 0 Å². The molecule has 0 aromatic heterocycles. The van der Waals surface area contributed by atoms with Crippen LogP contribution in [-0.2, 0) is 4.74 Å². The Hall–Kier alpha value is -0.0800. The normalized spacial score (nSPS) is 39.8. The zero-order valence-corrected chi connectivity index (χ0v) is 5.13. The van der Waals surface area contributed by atoms with E-state index in [9.17, 15) is 0 Å². The maximum absolute atomic E-state index is 9.05. The van der Waals surface area contributed by atoms with Crippen LogP contribution in [0.1, 0.15) is 13.3 Å². The highest BCUT2D eigenvalue weighted by atomic mass is 16.5. The molecule has 2 heteroatoms. The van der Waals surface area contributed by atoms with Crippen molar-refractivity contribution in [2.24, 2.45) is 5.92 Å². The van der Waals surface area contributed by atoms with Crippen LogP contribution < -0.4 is 0 Å². The van der Waals surface area contributed by atoms with E-state index in [1.54, 1.807) is 0 Å². The summed E-state index contributed by atoms with van der Waals surface area (Å²) in [6.45, 7) is 3.40. The summed E-state index contributed by atoms with van der Waals surface area (Å²) >= 11 is 0. The van der Waals surface area contributed by atoms with Gasteiger partial charge in [0.15, 0.2) is 0 Å². The molecule has 1 N–H and O–H groups in total. The highest BCUT2D eigenvalue weighted by Crippen LogP contribution is 2.13. The molecule has 0 spiro atoms. The Morgan fingerprint density at radius 3 is 2.75 bits per heavy atom. The molecule has 0 radical (unpaired) electrons. The number of hydrogen-bond donors (Lipinski definition) is 1. The quantitative estimate of drug-likeness (QED) is 0.496. The summed E-state index contributed by atoms with van der Waals surface area (Å²) in [5.41, 5.74) is 0. The van der Waals surface area contributed by atoms with E-state index in [0.29, 0.717) is 12.5 Å². The van der Waals surface area contributed by atoms with Crippen molar-refractivity contribution in [3.63, 3.8) is 0 Å². The van der Waals surface area contributed by atoms with Gasteiger partial charge in [0.2, 0.25) is 0 Å². The third-order valence-electron chi connectivity index (χ3n) is 1.66. The molecule has 1 fully saturated rings. The second-order valence-corrected chi connectivity index (χ2v) is 2.41. The smallest absolute Gasteiger partial charge is 0.0799 e. The minimum Gasteiger partial charge on any atom is -0.390 e. The van der Waals surface area contributed by atoms with Gasteiger partial charge in [0.05, 0.1) is 12.7 Å². The topological polar surface area (TPSA) is 29.5 Å². The second-order valence-electron chi connectivity index (χ2n) is 2.41. The fourth-order valence-corrected chi connectivity index (χ4v) is 0.830. The molecule has 1 heterocycles. The van der Waals surface area contributed by atoms with E-state index in [-0.39, 0.29) is 6.10 Å². The van der Waals surface area contributed by atoms with Crippen LogP contribution in [0.25, 0.3) is 0 Å². The van der Waals surface area contributed by atoms with Crippen molar-refractivity contribution in [3.8, 4) is 0 Å². The number of aliphatic hydroxyl groups excluding tert-OH is 1. The first-order chi connectivity index (χ1) is 3.80. The molecule has 0 aliphatic carbocycles. The largest absolute Gasteiger partial charge is 0.390 e. The Morgan fingerprint density at radius 2 is 2.38 bits per heavy atom. The van der Waals surface area contributed by atoms with E-state index in [2.05, 4.69) is 0 Å². The van der Waals surface area contributed by atoms with Crippen LogP contribution >= 0.6 is 0 Å². The number of hydrogen-bond acceptors (Lipinski definition) is 2. The van der Waals surface area contributed by atoms with Crippen LogP contribution in [-0.4, -0.2) is 24.4 Å². The van der Waals surface area contributed by atoms with Gasteiger partial charge in [-0.25, -0.2) is 0 Å². The molecular formula is C6H12O2. The molecule has 0 aromatic rings. The van der Waals surface area contributed by atoms with Crippen molar-refractivity contribution in [1.29, 1.82) is 0 Å². The molecule has 1 aliphatic rings. The van der Waals surface area contributed by atoms with Gasteiger partial charge in [0.1, 0.15) is 0 Å². The Balaban J connectivity index is 2.28. The predicted octanol–water partition coefficient (Wildman–Crippen LogP) is 0.404. The minimum atomic E-state index is -0.219. The van der Waals surface area contributed by atoms with Crippen LogP contribution in [0.4, 0.5) is 0 Å². The van der Waals surface area contributed by atoms with Gasteiger partial charge in [-0.3, -0.25) is 0 Å². The molecule has 0 aromatic carbocycles. The van der Waals surface area contributed by atoms with Gasteiger partial charge in [-0.2, -0.15) is 0 Å². The number of aliphatic hydroxyl groups is 1. The van der Waals surface area contributed by atoms with E-state index >= 15 is 0 Å². The molecule has 2 atom stereocenters. The van der Waals surface area contributed by atoms with Crippen LogP contribution in [0.3, 0.4) is 0 Å². The summed E-state index contributed by atoms with van der Waals surface area (Å²) in [6.07, 6.45) is 0.782. The molecule has 0 bridgehead atoms. The lowest BCUT2D eigenvalue weighted by Crippen LogP contribution is -2.29. The van der Waals surface area contributed by atoms with Gasteiger partial charge in [-0.15, -0.1) is 0 Å². The second kappa shape index (κ2) is 2.46. The summed E-state index contributed by atoms with van der Waals surface area (Å²) in [4.78, 5) is 0. The first-order valence-corrected chi connectivity index (χ1v) is 3.06. The maximum Gasteiger partial charge on any atom is 0.0799 e. The summed E-state index contributed by atoms with van der Waals surface area (Å²) in [6, 6.07) is 0. The van der Waals surface area contributed by atoms with Gasteiger partial charge in [0, 0.05) is 6.61 Å². The van der Waals surface area contributed by atoms with Gasteiger partial charge in [-0.05, 0) is 12.3 Å². The first kappa shape index (κ1) is 6.05. The van der Waals surface area contributed by atoms with E-state index < -0.39 is 0 Å². The first-order valence-electron chi connectivity index (χ1n) is 3.06. The number of rotatable bonds is 0. The van der Waals surface area contributed by atoms with Crippen LogP contribution in [0, 0.1) is 5.92 Å². The van der Waals surface area contributed by atoms with E-state index in [1.165, 1.54) is 0 Å². The van der Waals surface area contributed by atoms with Gasteiger partial charge in [0.25, 0.3) is 0 Å². The van der Waals surface area contributed by atoms with Gasteiger partial charge in [-0.1, -0.05) is 6.92 Å². The number of ether oxygens (including phenoxy) is 1. The summed E-state index contributed by atoms with van der Waals surface area (Å²) in [5.74, 6) is 0.434. The Kier molecular flexibility index (Phi) is 1.86. The average molecular weight is 116 g/mol. The third-order valence-corrected chi connectivity index (χ3v) is 1.66. The molecule has 48 valence electrons. The predicted molar refractivity (Wildman–Crippen MR) is 30.6 cm³/mol. The SMILES string of the molecule is CC1CCOC[C@@H]1O. The van der Waals surface area contributed by atoms with E-state index in [0.717, 1.165) is 13.0 Å². The lowest BCUT2D eigenvalue weighted by atomic mass is 10.0. The van der Waals surface area contributed by atoms with Crippen LogP contribution in [0.5, 0.6) is 0 Å². The zero-order valence-electron chi connectivity index (χ0n) is 5.13. The molecule has 0 amide bonds. The molecule has 1 saturated heterocycles. The summed E-state index contributed by atoms with van der Waals surface area (Å²) in [7, 11) is 0. The van der Waals surface area contributed by atoms with Crippen molar-refractivity contribution in [3.05, 3.63) is 0 Å². The standard InChI is InChI=1S/C6H12O2/c1-5-2-3-8-4-6(5)7/h5-7H,2-4H2,1H3/t5?,6-/m0/s1. The summed E-state index contributed by atoms with van der Waals surface area (Å²) in [5, 5.41) is 9.05. The highest BCUT2D eigenvalue weighted by Gasteiger charge is 2.18. The maximum atomic E-state index is 9.05. The summed E-state index contributed by atoms with van der Waals surface area (Å²) < 4.78 is 5.00. The lowest BCUT2D eigenvalue weighted by molar-refractivity contribution is -0.0380. The zero-order chi connectivity index (χ0) is 5.98.